The van der Waals surface area contributed by atoms with Crippen molar-refractivity contribution in [3.63, 3.8) is 0 Å². The molecule has 0 aromatic carbocycles. The van der Waals surface area contributed by atoms with Crippen LogP contribution in [0, 0.1) is 11.3 Å². The molecule has 4 nitrogen and oxygen atoms in total. The van der Waals surface area contributed by atoms with Gasteiger partial charge < -0.3 is 4.74 Å². The molecule has 0 aromatic heterocycles. The lowest BCUT2D eigenvalue weighted by molar-refractivity contribution is -0.157. The van der Waals surface area contributed by atoms with Gasteiger partial charge in [0.1, 0.15) is 12.1 Å². The zero-order valence-electron chi connectivity index (χ0n) is 14.5. The summed E-state index contributed by atoms with van der Waals surface area (Å²) in [6.07, 6.45) is 7.23. The maximum absolute atomic E-state index is 12.6. The highest BCUT2D eigenvalue weighted by atomic mass is 32.2. The molecule has 1 aliphatic carbocycles. The van der Waals surface area contributed by atoms with E-state index in [1.54, 1.807) is 0 Å². The van der Waals surface area contributed by atoms with Crippen LogP contribution in [0.15, 0.2) is 12.7 Å². The summed E-state index contributed by atoms with van der Waals surface area (Å²) in [6, 6.07) is -0.295. The van der Waals surface area contributed by atoms with Crippen LogP contribution in [0.3, 0.4) is 0 Å². The summed E-state index contributed by atoms with van der Waals surface area (Å²) in [7, 11) is 0. The van der Waals surface area contributed by atoms with Gasteiger partial charge >= 0.3 is 5.97 Å². The van der Waals surface area contributed by atoms with E-state index in [0.717, 1.165) is 50.6 Å². The highest BCUT2D eigenvalue weighted by molar-refractivity contribution is 8.12. The van der Waals surface area contributed by atoms with Crippen molar-refractivity contribution >= 4 is 23.0 Å². The Hall–Kier alpha value is -0.810. The number of carbonyl (C=O) groups is 2. The summed E-state index contributed by atoms with van der Waals surface area (Å²) in [4.78, 5) is 24.1. The zero-order chi connectivity index (χ0) is 17.0. The van der Waals surface area contributed by atoms with Crippen LogP contribution < -0.4 is 0 Å². The van der Waals surface area contributed by atoms with Crippen LogP contribution in [0.5, 0.6) is 0 Å². The molecule has 0 N–H and O–H groups in total. The summed E-state index contributed by atoms with van der Waals surface area (Å²) in [5, 5.41) is -0.116. The average Bonchev–Trinajstić information content (AvgIpc) is 2.95. The molecule has 0 spiro atoms. The zero-order valence-corrected chi connectivity index (χ0v) is 15.4. The van der Waals surface area contributed by atoms with E-state index in [4.69, 9.17) is 4.74 Å². The number of ether oxygens (including phenoxy) is 1. The molecule has 3 atom stereocenters. The molecule has 1 aliphatic heterocycles. The van der Waals surface area contributed by atoms with E-state index in [-0.39, 0.29) is 28.6 Å². The number of rotatable bonds is 5. The lowest BCUT2D eigenvalue weighted by atomic mass is 9.67. The Labute approximate surface area is 144 Å². The van der Waals surface area contributed by atoms with Crippen molar-refractivity contribution < 1.29 is 14.3 Å². The number of hydrogen-bond donors (Lipinski definition) is 0. The van der Waals surface area contributed by atoms with Crippen molar-refractivity contribution in [1.29, 1.82) is 0 Å². The Kier molecular flexibility index (Phi) is 6.32. The summed E-state index contributed by atoms with van der Waals surface area (Å²) in [5.74, 6) is 0.428. The lowest BCUT2D eigenvalue weighted by Crippen LogP contribution is -2.40. The molecule has 2 fully saturated rings. The normalized spacial score (nSPS) is 32.0. The molecule has 2 unspecified atom stereocenters. The molecule has 1 saturated carbocycles. The Bertz CT molecular complexity index is 465. The Balaban J connectivity index is 1.93. The van der Waals surface area contributed by atoms with Gasteiger partial charge in [0.25, 0.3) is 0 Å². The SMILES string of the molecule is C=CC(=O)SN1CCCC1C(=O)O[C@@H]1CCCC(C)(C(C)C)C1. The van der Waals surface area contributed by atoms with E-state index in [0.29, 0.717) is 5.92 Å². The molecule has 23 heavy (non-hydrogen) atoms. The quantitative estimate of drug-likeness (QED) is 0.431. The van der Waals surface area contributed by atoms with Gasteiger partial charge in [0, 0.05) is 18.5 Å². The topological polar surface area (TPSA) is 46.6 Å². The molecule has 0 aromatic rings. The van der Waals surface area contributed by atoms with Crippen LogP contribution in [0.2, 0.25) is 0 Å². The maximum Gasteiger partial charge on any atom is 0.324 e. The minimum Gasteiger partial charge on any atom is -0.461 e. The molecule has 130 valence electrons. The van der Waals surface area contributed by atoms with Gasteiger partial charge in [-0.05, 0) is 55.9 Å². The molecule has 5 heteroatoms. The van der Waals surface area contributed by atoms with Crippen molar-refractivity contribution in [1.82, 2.24) is 4.31 Å². The van der Waals surface area contributed by atoms with Gasteiger partial charge in [-0.25, -0.2) is 4.31 Å². The van der Waals surface area contributed by atoms with E-state index in [9.17, 15) is 9.59 Å². The maximum atomic E-state index is 12.6. The summed E-state index contributed by atoms with van der Waals surface area (Å²) >= 11 is 1.09. The van der Waals surface area contributed by atoms with Gasteiger partial charge in [-0.3, -0.25) is 9.59 Å². The van der Waals surface area contributed by atoms with Crippen molar-refractivity contribution in [2.24, 2.45) is 11.3 Å². The second-order valence-corrected chi connectivity index (χ2v) is 8.43. The van der Waals surface area contributed by atoms with Gasteiger partial charge in [-0.1, -0.05) is 27.4 Å². The summed E-state index contributed by atoms with van der Waals surface area (Å²) < 4.78 is 7.69. The predicted molar refractivity (Wildman–Crippen MR) is 93.8 cm³/mol. The van der Waals surface area contributed by atoms with E-state index >= 15 is 0 Å². The van der Waals surface area contributed by atoms with E-state index in [1.165, 1.54) is 12.5 Å². The van der Waals surface area contributed by atoms with E-state index in [2.05, 4.69) is 27.4 Å². The van der Waals surface area contributed by atoms with Crippen LogP contribution in [-0.2, 0) is 14.3 Å². The molecule has 0 amide bonds. The van der Waals surface area contributed by atoms with Crippen molar-refractivity contribution in [2.75, 3.05) is 6.54 Å². The van der Waals surface area contributed by atoms with Gasteiger partial charge in [0.15, 0.2) is 0 Å². The third-order valence-corrected chi connectivity index (χ3v) is 6.51. The minimum absolute atomic E-state index is 0.0196. The van der Waals surface area contributed by atoms with Crippen LogP contribution in [0.1, 0.15) is 59.3 Å². The molecule has 2 rings (SSSR count). The first kappa shape index (κ1) is 18.5. The van der Waals surface area contributed by atoms with Crippen molar-refractivity contribution in [3.8, 4) is 0 Å². The molecule has 1 heterocycles. The minimum atomic E-state index is -0.295. The molecule has 0 radical (unpaired) electrons. The standard InChI is InChI=1S/C18H29NO3S/c1-5-16(20)23-19-11-7-9-15(19)17(21)22-14-8-6-10-18(4,12-14)13(2)3/h5,13-15H,1,6-12H2,2-4H3/t14-,15?,18?/m1/s1. The first-order chi connectivity index (χ1) is 10.9. The van der Waals surface area contributed by atoms with Crippen LogP contribution in [-0.4, -0.2) is 34.1 Å². The highest BCUT2D eigenvalue weighted by Crippen LogP contribution is 2.43. The van der Waals surface area contributed by atoms with Gasteiger partial charge in [-0.2, -0.15) is 0 Å². The van der Waals surface area contributed by atoms with Crippen molar-refractivity contribution in [3.05, 3.63) is 12.7 Å². The lowest BCUT2D eigenvalue weighted by Gasteiger charge is -2.41. The Morgan fingerprint density at radius 2 is 2.09 bits per heavy atom. The number of nitrogens with zero attached hydrogens (tertiary/aromatic N) is 1. The van der Waals surface area contributed by atoms with E-state index in [1.807, 2.05) is 4.31 Å². The fourth-order valence-electron chi connectivity index (χ4n) is 3.56. The molecular weight excluding hydrogens is 310 g/mol. The largest absolute Gasteiger partial charge is 0.461 e. The first-order valence-corrected chi connectivity index (χ1v) is 9.44. The average molecular weight is 340 g/mol. The smallest absolute Gasteiger partial charge is 0.324 e. The van der Waals surface area contributed by atoms with Crippen LogP contribution >= 0.6 is 11.9 Å². The predicted octanol–water partition coefficient (Wildman–Crippen LogP) is 3.96. The van der Waals surface area contributed by atoms with Gasteiger partial charge in [0.2, 0.25) is 5.12 Å². The number of esters is 1. The second kappa shape index (κ2) is 7.84. The number of hydrogen-bond acceptors (Lipinski definition) is 5. The molecule has 0 bridgehead atoms. The number of carbonyl (C=O) groups excluding carboxylic acids is 2. The Morgan fingerprint density at radius 1 is 1.35 bits per heavy atom. The fraction of sp³-hybridized carbons (Fsp3) is 0.778. The molecule has 2 aliphatic rings. The summed E-state index contributed by atoms with van der Waals surface area (Å²) in [6.45, 7) is 11.0. The van der Waals surface area contributed by atoms with E-state index < -0.39 is 0 Å². The molecule has 1 saturated heterocycles. The third kappa shape index (κ3) is 4.60. The monoisotopic (exact) mass is 339 g/mol. The fourth-order valence-corrected chi connectivity index (χ4v) is 4.41. The van der Waals surface area contributed by atoms with Crippen molar-refractivity contribution in [2.45, 2.75) is 71.4 Å². The molecular formula is C18H29NO3S. The third-order valence-electron chi connectivity index (χ3n) is 5.49. The van der Waals surface area contributed by atoms with Gasteiger partial charge in [0.05, 0.1) is 0 Å². The van der Waals surface area contributed by atoms with Crippen LogP contribution in [0.4, 0.5) is 0 Å². The highest BCUT2D eigenvalue weighted by Gasteiger charge is 2.39. The summed E-state index contributed by atoms with van der Waals surface area (Å²) in [5.41, 5.74) is 0.256. The Morgan fingerprint density at radius 3 is 2.74 bits per heavy atom. The van der Waals surface area contributed by atoms with Crippen LogP contribution in [0.25, 0.3) is 0 Å². The first-order valence-electron chi connectivity index (χ1n) is 8.67. The second-order valence-electron chi connectivity index (χ2n) is 7.38. The van der Waals surface area contributed by atoms with Gasteiger partial charge in [-0.15, -0.1) is 0 Å².